The lowest BCUT2D eigenvalue weighted by Crippen LogP contribution is -2.62. The highest BCUT2D eigenvalue weighted by molar-refractivity contribution is 9.10. The first kappa shape index (κ1) is 15.6. The van der Waals surface area contributed by atoms with E-state index in [1.165, 1.54) is 38.5 Å². The normalized spacial score (nSPS) is 36.0. The molecule has 3 nitrogen and oxygen atoms in total. The molecule has 1 amide bonds. The molecular weight excluding hydrogens is 352 g/mol. The van der Waals surface area contributed by atoms with E-state index in [0.29, 0.717) is 0 Å². The average Bonchev–Trinajstić information content (AvgIpc) is 2.47. The van der Waals surface area contributed by atoms with E-state index in [1.54, 1.807) is 0 Å². The third kappa shape index (κ3) is 3.20. The zero-order chi connectivity index (χ0) is 16.0. The second-order valence-electron chi connectivity index (χ2n) is 8.06. The van der Waals surface area contributed by atoms with Crippen LogP contribution in [0.4, 0.5) is 5.69 Å². The van der Waals surface area contributed by atoms with Crippen LogP contribution in [0.3, 0.4) is 0 Å². The van der Waals surface area contributed by atoms with Crippen LogP contribution in [0, 0.1) is 17.8 Å². The van der Waals surface area contributed by atoms with Crippen LogP contribution in [0.25, 0.3) is 0 Å². The molecule has 0 heterocycles. The average molecular weight is 377 g/mol. The monoisotopic (exact) mass is 376 g/mol. The quantitative estimate of drug-likeness (QED) is 0.820. The number of benzene rings is 1. The fourth-order valence-corrected chi connectivity index (χ4v) is 5.86. The number of carbonyl (C=O) groups excluding carboxylic acids is 1. The van der Waals surface area contributed by atoms with Crippen molar-refractivity contribution in [3.05, 3.63) is 28.7 Å². The Morgan fingerprint density at radius 3 is 2.13 bits per heavy atom. The van der Waals surface area contributed by atoms with Gasteiger partial charge in [0.25, 0.3) is 0 Å². The fourth-order valence-electron chi connectivity index (χ4n) is 5.60. The maximum Gasteiger partial charge on any atom is 0.241 e. The number of amides is 1. The van der Waals surface area contributed by atoms with Gasteiger partial charge in [0.1, 0.15) is 0 Å². The number of nitrogens with one attached hydrogen (secondary N) is 2. The molecule has 0 aromatic heterocycles. The predicted octanol–water partition coefficient (Wildman–Crippen LogP) is 4.33. The Labute approximate surface area is 146 Å². The van der Waals surface area contributed by atoms with Crippen molar-refractivity contribution in [2.45, 2.75) is 57.0 Å². The van der Waals surface area contributed by atoms with E-state index in [4.69, 9.17) is 0 Å². The second kappa shape index (κ2) is 5.89. The van der Waals surface area contributed by atoms with Gasteiger partial charge in [0.05, 0.1) is 6.04 Å². The van der Waals surface area contributed by atoms with E-state index in [1.807, 2.05) is 31.2 Å². The Bertz CT molecular complexity index is 563. The third-order valence-electron chi connectivity index (χ3n) is 6.07. The topological polar surface area (TPSA) is 41.1 Å². The summed E-state index contributed by atoms with van der Waals surface area (Å²) >= 11 is 3.42. The van der Waals surface area contributed by atoms with Crippen LogP contribution in [-0.4, -0.2) is 17.5 Å². The number of carbonyl (C=O) groups is 1. The molecule has 0 unspecified atom stereocenters. The van der Waals surface area contributed by atoms with Crippen LogP contribution < -0.4 is 10.6 Å². The van der Waals surface area contributed by atoms with Gasteiger partial charge in [-0.25, -0.2) is 0 Å². The van der Waals surface area contributed by atoms with Gasteiger partial charge in [-0.15, -0.1) is 0 Å². The van der Waals surface area contributed by atoms with E-state index >= 15 is 0 Å². The molecule has 4 aliphatic rings. The zero-order valence-electron chi connectivity index (χ0n) is 13.6. The third-order valence-corrected chi connectivity index (χ3v) is 6.59. The Hall–Kier alpha value is -0.870. The highest BCUT2D eigenvalue weighted by atomic mass is 79.9. The van der Waals surface area contributed by atoms with E-state index < -0.39 is 0 Å². The summed E-state index contributed by atoms with van der Waals surface area (Å²) in [6.07, 6.45) is 8.11. The van der Waals surface area contributed by atoms with Crippen molar-refractivity contribution in [2.75, 3.05) is 5.32 Å². The van der Waals surface area contributed by atoms with Gasteiger partial charge in [-0.05, 0) is 87.5 Å². The van der Waals surface area contributed by atoms with Crippen molar-refractivity contribution in [3.8, 4) is 0 Å². The Morgan fingerprint density at radius 2 is 1.61 bits per heavy atom. The maximum atomic E-state index is 12.5. The van der Waals surface area contributed by atoms with Crippen LogP contribution in [0.5, 0.6) is 0 Å². The van der Waals surface area contributed by atoms with E-state index in [9.17, 15) is 4.79 Å². The van der Waals surface area contributed by atoms with Crippen LogP contribution in [-0.2, 0) is 4.79 Å². The van der Waals surface area contributed by atoms with Crippen molar-refractivity contribution >= 4 is 27.5 Å². The summed E-state index contributed by atoms with van der Waals surface area (Å²) in [5.41, 5.74) is 1.09. The van der Waals surface area contributed by atoms with E-state index in [-0.39, 0.29) is 17.5 Å². The van der Waals surface area contributed by atoms with E-state index in [0.717, 1.165) is 27.9 Å². The van der Waals surface area contributed by atoms with Crippen LogP contribution in [0.15, 0.2) is 28.7 Å². The second-order valence-corrected chi connectivity index (χ2v) is 8.98. The van der Waals surface area contributed by atoms with Crippen LogP contribution in [0.1, 0.15) is 45.4 Å². The summed E-state index contributed by atoms with van der Waals surface area (Å²) in [5, 5.41) is 6.76. The van der Waals surface area contributed by atoms with Gasteiger partial charge in [0.2, 0.25) is 5.91 Å². The summed E-state index contributed by atoms with van der Waals surface area (Å²) in [4.78, 5) is 12.5. The molecule has 4 bridgehead atoms. The minimum atomic E-state index is -0.144. The SMILES string of the molecule is C[C@@H](NC12CC3CC(CC(C3)C1)C2)C(=O)Nc1ccc(Br)cc1. The molecule has 4 saturated carbocycles. The Morgan fingerprint density at radius 1 is 1.09 bits per heavy atom. The Kier molecular flexibility index (Phi) is 4.01. The lowest BCUT2D eigenvalue weighted by molar-refractivity contribution is -0.119. The van der Waals surface area contributed by atoms with Crippen LogP contribution >= 0.6 is 15.9 Å². The smallest absolute Gasteiger partial charge is 0.241 e. The van der Waals surface area contributed by atoms with Gasteiger partial charge in [0, 0.05) is 15.7 Å². The number of rotatable bonds is 4. The molecule has 0 spiro atoms. The standard InChI is InChI=1S/C19H25BrN2O/c1-12(18(23)21-17-4-2-16(20)3-5-17)22-19-9-13-6-14(10-19)8-15(7-13)11-19/h2-5,12-15,22H,6-11H2,1H3,(H,21,23)/t12-,13?,14?,15?,19?/m1/s1. The summed E-state index contributed by atoms with van der Waals surface area (Å²) in [5.74, 6) is 2.77. The summed E-state index contributed by atoms with van der Waals surface area (Å²) in [7, 11) is 0. The Balaban J connectivity index is 1.40. The molecule has 0 aliphatic heterocycles. The highest BCUT2D eigenvalue weighted by Gasteiger charge is 2.51. The number of hydrogen-bond donors (Lipinski definition) is 2. The van der Waals surface area contributed by atoms with Crippen molar-refractivity contribution in [1.29, 1.82) is 0 Å². The van der Waals surface area contributed by atoms with Crippen LogP contribution in [0.2, 0.25) is 0 Å². The molecule has 5 rings (SSSR count). The molecule has 4 fully saturated rings. The van der Waals surface area contributed by atoms with Gasteiger partial charge < -0.3 is 10.6 Å². The van der Waals surface area contributed by atoms with Gasteiger partial charge in [-0.2, -0.15) is 0 Å². The molecular formula is C19H25BrN2O. The first-order valence-corrected chi connectivity index (χ1v) is 9.65. The number of halogens is 1. The minimum absolute atomic E-state index is 0.0723. The van der Waals surface area contributed by atoms with Gasteiger partial charge in [-0.3, -0.25) is 4.79 Å². The lowest BCUT2D eigenvalue weighted by Gasteiger charge is -2.57. The summed E-state index contributed by atoms with van der Waals surface area (Å²) in [6.45, 7) is 2.01. The molecule has 1 aromatic carbocycles. The molecule has 1 atom stereocenters. The predicted molar refractivity (Wildman–Crippen MR) is 96.3 cm³/mol. The van der Waals surface area contributed by atoms with Gasteiger partial charge in [0.15, 0.2) is 0 Å². The molecule has 124 valence electrons. The van der Waals surface area contributed by atoms with Gasteiger partial charge in [-0.1, -0.05) is 15.9 Å². The molecule has 0 radical (unpaired) electrons. The molecule has 2 N–H and O–H groups in total. The van der Waals surface area contributed by atoms with Gasteiger partial charge >= 0.3 is 0 Å². The maximum absolute atomic E-state index is 12.5. The fraction of sp³-hybridized carbons (Fsp3) is 0.632. The first-order chi connectivity index (χ1) is 11.0. The van der Waals surface area contributed by atoms with Crippen molar-refractivity contribution in [2.24, 2.45) is 17.8 Å². The largest absolute Gasteiger partial charge is 0.325 e. The molecule has 1 aromatic rings. The molecule has 4 aliphatic carbocycles. The number of anilines is 1. The first-order valence-electron chi connectivity index (χ1n) is 8.85. The molecule has 4 heteroatoms. The highest BCUT2D eigenvalue weighted by Crippen LogP contribution is 2.55. The van der Waals surface area contributed by atoms with Crippen molar-refractivity contribution in [3.63, 3.8) is 0 Å². The van der Waals surface area contributed by atoms with Crippen molar-refractivity contribution in [1.82, 2.24) is 5.32 Å². The van der Waals surface area contributed by atoms with Crippen molar-refractivity contribution < 1.29 is 4.79 Å². The zero-order valence-corrected chi connectivity index (χ0v) is 15.2. The van der Waals surface area contributed by atoms with E-state index in [2.05, 4.69) is 26.6 Å². The summed E-state index contributed by atoms with van der Waals surface area (Å²) < 4.78 is 1.02. The lowest BCUT2D eigenvalue weighted by atomic mass is 9.53. The minimum Gasteiger partial charge on any atom is -0.325 e. The molecule has 0 saturated heterocycles. The molecule has 23 heavy (non-hydrogen) atoms. The number of hydrogen-bond acceptors (Lipinski definition) is 2. The summed E-state index contributed by atoms with van der Waals surface area (Å²) in [6, 6.07) is 7.62.